The average Bonchev–Trinajstić information content (AvgIpc) is 3.33. The van der Waals surface area contributed by atoms with Gasteiger partial charge in [-0.2, -0.15) is 0 Å². The van der Waals surface area contributed by atoms with Crippen LogP contribution in [0, 0.1) is 0 Å². The molecular formula is C29H31NO7. The van der Waals surface area contributed by atoms with Crippen molar-refractivity contribution in [3.05, 3.63) is 89.5 Å². The molecule has 0 spiro atoms. The van der Waals surface area contributed by atoms with Gasteiger partial charge in [-0.15, -0.1) is 0 Å². The van der Waals surface area contributed by atoms with E-state index < -0.39 is 23.7 Å². The monoisotopic (exact) mass is 505 g/mol. The van der Waals surface area contributed by atoms with Crippen LogP contribution in [0.2, 0.25) is 0 Å². The van der Waals surface area contributed by atoms with Crippen LogP contribution in [0.25, 0.3) is 0 Å². The Bertz CT molecular complexity index is 1210. The van der Waals surface area contributed by atoms with Crippen LogP contribution in [0.4, 0.5) is 4.79 Å². The van der Waals surface area contributed by atoms with Gasteiger partial charge in [0.05, 0.1) is 6.04 Å². The van der Waals surface area contributed by atoms with Gasteiger partial charge in [0, 0.05) is 12.1 Å². The van der Waals surface area contributed by atoms with Crippen molar-refractivity contribution >= 4 is 12.1 Å². The predicted octanol–water partition coefficient (Wildman–Crippen LogP) is 5.29. The molecule has 0 saturated carbocycles. The van der Waals surface area contributed by atoms with Crippen molar-refractivity contribution in [3.8, 4) is 17.2 Å². The Morgan fingerprint density at radius 2 is 1.54 bits per heavy atom. The van der Waals surface area contributed by atoms with Crippen molar-refractivity contribution < 1.29 is 33.3 Å². The Labute approximate surface area is 216 Å². The summed E-state index contributed by atoms with van der Waals surface area (Å²) in [6.07, 6.45) is -0.0523. The van der Waals surface area contributed by atoms with E-state index in [9.17, 15) is 9.59 Å². The maximum Gasteiger partial charge on any atom is 0.408 e. The smallest absolute Gasteiger partial charge is 0.408 e. The summed E-state index contributed by atoms with van der Waals surface area (Å²) < 4.78 is 28.0. The van der Waals surface area contributed by atoms with Gasteiger partial charge in [-0.3, -0.25) is 0 Å². The van der Waals surface area contributed by atoms with Crippen LogP contribution >= 0.6 is 0 Å². The molecule has 0 unspecified atom stereocenters. The summed E-state index contributed by atoms with van der Waals surface area (Å²) in [5, 5.41) is 2.88. The Kier molecular flexibility index (Phi) is 8.18. The van der Waals surface area contributed by atoms with E-state index in [0.717, 1.165) is 11.1 Å². The minimum absolute atomic E-state index is 0.0497. The first-order valence-corrected chi connectivity index (χ1v) is 12.1. The van der Waals surface area contributed by atoms with Crippen LogP contribution in [-0.4, -0.2) is 37.1 Å². The molecule has 8 heteroatoms. The van der Waals surface area contributed by atoms with E-state index in [1.54, 1.807) is 32.9 Å². The number of hydrogen-bond donors (Lipinski definition) is 1. The number of rotatable bonds is 9. The SMILES string of the molecule is CC(C)(C)OC(=O)N[C@@H](COc1cc2c(cc1C(=O)OCc1ccccc1)OCO2)Cc1ccccc1. The van der Waals surface area contributed by atoms with Crippen molar-refractivity contribution in [2.24, 2.45) is 0 Å². The van der Waals surface area contributed by atoms with Crippen molar-refractivity contribution in [1.82, 2.24) is 5.32 Å². The first-order chi connectivity index (χ1) is 17.8. The molecule has 4 rings (SSSR count). The third-order valence-electron chi connectivity index (χ3n) is 5.39. The molecule has 0 aromatic heterocycles. The first kappa shape index (κ1) is 25.9. The van der Waals surface area contributed by atoms with Crippen LogP contribution in [0.1, 0.15) is 42.3 Å². The summed E-state index contributed by atoms with van der Waals surface area (Å²) in [6, 6.07) is 21.9. The van der Waals surface area contributed by atoms with E-state index in [4.69, 9.17) is 23.7 Å². The second kappa shape index (κ2) is 11.7. The van der Waals surface area contributed by atoms with Crippen LogP contribution in [0.5, 0.6) is 17.2 Å². The zero-order valence-corrected chi connectivity index (χ0v) is 21.2. The zero-order valence-electron chi connectivity index (χ0n) is 21.2. The highest BCUT2D eigenvalue weighted by Gasteiger charge is 2.25. The number of fused-ring (bicyclic) bond motifs is 1. The summed E-state index contributed by atoms with van der Waals surface area (Å²) >= 11 is 0. The van der Waals surface area contributed by atoms with Crippen LogP contribution in [-0.2, 0) is 22.5 Å². The molecule has 3 aromatic carbocycles. The van der Waals surface area contributed by atoms with E-state index in [1.165, 1.54) is 0 Å². The van der Waals surface area contributed by atoms with Crippen molar-refractivity contribution in [3.63, 3.8) is 0 Å². The molecule has 0 fully saturated rings. The molecule has 0 bridgehead atoms. The van der Waals surface area contributed by atoms with Gasteiger partial charge in [-0.05, 0) is 38.3 Å². The lowest BCUT2D eigenvalue weighted by Crippen LogP contribution is -2.43. The van der Waals surface area contributed by atoms with E-state index in [0.29, 0.717) is 17.9 Å². The standard InChI is InChI=1S/C29H31NO7/c1-29(2,3)37-28(32)30-22(14-20-10-6-4-7-11-20)18-33-24-16-26-25(35-19-36-26)15-23(24)27(31)34-17-21-12-8-5-9-13-21/h4-13,15-16,22H,14,17-19H2,1-3H3,(H,30,32)/t22-/m1/s1. The van der Waals surface area contributed by atoms with Gasteiger partial charge in [-0.1, -0.05) is 60.7 Å². The van der Waals surface area contributed by atoms with Gasteiger partial charge in [0.1, 0.15) is 30.1 Å². The second-order valence-electron chi connectivity index (χ2n) is 9.61. The highest BCUT2D eigenvalue weighted by Crippen LogP contribution is 2.38. The number of amides is 1. The average molecular weight is 506 g/mol. The number of carbonyl (C=O) groups is 2. The zero-order chi connectivity index (χ0) is 26.3. The Morgan fingerprint density at radius 3 is 2.19 bits per heavy atom. The molecule has 8 nitrogen and oxygen atoms in total. The molecule has 3 aromatic rings. The van der Waals surface area contributed by atoms with E-state index in [2.05, 4.69) is 5.32 Å². The van der Waals surface area contributed by atoms with E-state index in [-0.39, 0.29) is 31.3 Å². The summed E-state index contributed by atoms with van der Waals surface area (Å²) in [6.45, 7) is 5.64. The molecule has 1 atom stereocenters. The number of alkyl carbamates (subject to hydrolysis) is 1. The Balaban J connectivity index is 1.51. The molecule has 1 aliphatic rings. The summed E-state index contributed by atoms with van der Waals surface area (Å²) in [4.78, 5) is 25.5. The van der Waals surface area contributed by atoms with Gasteiger partial charge < -0.3 is 29.0 Å². The number of carbonyl (C=O) groups excluding carboxylic acids is 2. The number of ether oxygens (including phenoxy) is 5. The van der Waals surface area contributed by atoms with Crippen molar-refractivity contribution in [2.75, 3.05) is 13.4 Å². The quantitative estimate of drug-likeness (QED) is 0.395. The van der Waals surface area contributed by atoms with Crippen molar-refractivity contribution in [1.29, 1.82) is 0 Å². The van der Waals surface area contributed by atoms with Crippen LogP contribution in [0.15, 0.2) is 72.8 Å². The topological polar surface area (TPSA) is 92.3 Å². The largest absolute Gasteiger partial charge is 0.490 e. The summed E-state index contributed by atoms with van der Waals surface area (Å²) in [7, 11) is 0. The fourth-order valence-corrected chi connectivity index (χ4v) is 3.72. The molecule has 1 heterocycles. The highest BCUT2D eigenvalue weighted by atomic mass is 16.7. The second-order valence-corrected chi connectivity index (χ2v) is 9.61. The number of hydrogen-bond acceptors (Lipinski definition) is 7. The lowest BCUT2D eigenvalue weighted by molar-refractivity contribution is 0.0453. The third-order valence-corrected chi connectivity index (χ3v) is 5.39. The normalized spacial score (nSPS) is 12.9. The van der Waals surface area contributed by atoms with E-state index in [1.807, 2.05) is 60.7 Å². The number of benzene rings is 3. The maximum absolute atomic E-state index is 13.0. The van der Waals surface area contributed by atoms with Gasteiger partial charge >= 0.3 is 12.1 Å². The molecule has 1 amide bonds. The predicted molar refractivity (Wildman–Crippen MR) is 137 cm³/mol. The lowest BCUT2D eigenvalue weighted by Gasteiger charge is -2.24. The van der Waals surface area contributed by atoms with Gasteiger partial charge in [0.15, 0.2) is 11.5 Å². The molecule has 0 saturated heterocycles. The van der Waals surface area contributed by atoms with Crippen LogP contribution in [0.3, 0.4) is 0 Å². The third kappa shape index (κ3) is 7.64. The molecular weight excluding hydrogens is 474 g/mol. The lowest BCUT2D eigenvalue weighted by atomic mass is 10.1. The van der Waals surface area contributed by atoms with Gasteiger partial charge in [-0.25, -0.2) is 9.59 Å². The minimum atomic E-state index is -0.644. The molecule has 1 N–H and O–H groups in total. The summed E-state index contributed by atoms with van der Waals surface area (Å²) in [5.41, 5.74) is 1.44. The van der Waals surface area contributed by atoms with Gasteiger partial charge in [0.2, 0.25) is 6.79 Å². The molecule has 0 radical (unpaired) electrons. The van der Waals surface area contributed by atoms with E-state index >= 15 is 0 Å². The van der Waals surface area contributed by atoms with Crippen molar-refractivity contribution in [2.45, 2.75) is 45.4 Å². The highest BCUT2D eigenvalue weighted by molar-refractivity contribution is 5.93. The number of esters is 1. The molecule has 37 heavy (non-hydrogen) atoms. The van der Waals surface area contributed by atoms with Crippen LogP contribution < -0.4 is 19.5 Å². The Hall–Kier alpha value is -4.20. The van der Waals surface area contributed by atoms with Gasteiger partial charge in [0.25, 0.3) is 0 Å². The number of nitrogens with one attached hydrogen (secondary N) is 1. The fraction of sp³-hybridized carbons (Fsp3) is 0.310. The molecule has 0 aliphatic carbocycles. The fourth-order valence-electron chi connectivity index (χ4n) is 3.72. The maximum atomic E-state index is 13.0. The Morgan fingerprint density at radius 1 is 0.919 bits per heavy atom. The molecule has 194 valence electrons. The minimum Gasteiger partial charge on any atom is -0.490 e. The summed E-state index contributed by atoms with van der Waals surface area (Å²) in [5.74, 6) is 0.615. The first-order valence-electron chi connectivity index (χ1n) is 12.1. The molecule has 1 aliphatic heterocycles.